The molecule has 0 N–H and O–H groups in total. The number of ether oxygens (including phenoxy) is 2. The zero-order valence-corrected chi connectivity index (χ0v) is 17.1. The highest BCUT2D eigenvalue weighted by Crippen LogP contribution is 2.81. The molecule has 4 nitrogen and oxygen atoms in total. The third-order valence-corrected chi connectivity index (χ3v) is 5.89. The molecule has 2 aromatic carbocycles. The van der Waals surface area contributed by atoms with Gasteiger partial charge in [0.1, 0.15) is 23.5 Å². The number of nitrogens with zero attached hydrogens (tertiary/aromatic N) is 1. The van der Waals surface area contributed by atoms with Crippen LogP contribution in [0.3, 0.4) is 0 Å². The molecule has 0 amide bonds. The summed E-state index contributed by atoms with van der Waals surface area (Å²) in [7, 11) is 0. The second kappa shape index (κ2) is 8.05. The van der Waals surface area contributed by atoms with E-state index in [1.807, 2.05) is 0 Å². The van der Waals surface area contributed by atoms with Crippen molar-refractivity contribution in [1.29, 1.82) is 5.26 Å². The van der Waals surface area contributed by atoms with E-state index in [1.165, 1.54) is 30.3 Å². The second-order valence-corrected chi connectivity index (χ2v) is 8.18. The van der Waals surface area contributed by atoms with Crippen LogP contribution in [-0.2, 0) is 9.53 Å². The maximum Gasteiger partial charge on any atom is 0.407 e. The van der Waals surface area contributed by atoms with Gasteiger partial charge in [0.25, 0.3) is 0 Å². The van der Waals surface area contributed by atoms with Crippen LogP contribution in [0.25, 0.3) is 0 Å². The van der Waals surface area contributed by atoms with Gasteiger partial charge in [-0.05, 0) is 24.3 Å². The molecule has 1 saturated carbocycles. The van der Waals surface area contributed by atoms with Crippen molar-refractivity contribution in [1.82, 2.24) is 0 Å². The smallest absolute Gasteiger partial charge is 0.407 e. The fourth-order valence-electron chi connectivity index (χ4n) is 3.31. The zero-order chi connectivity index (χ0) is 23.9. The molecule has 170 valence electrons. The second-order valence-electron chi connectivity index (χ2n) is 6.79. The molecule has 0 aromatic heterocycles. The third kappa shape index (κ3) is 3.84. The SMILES string of the molecule is N#CC(OC(=O)C1C(Cl)(Cl)C1(C(F)(F)F)C(F)(F)F)c1cccc(Oc2ccccc2)c1. The number of hydrogen-bond acceptors (Lipinski definition) is 4. The Morgan fingerprint density at radius 3 is 2.03 bits per heavy atom. The highest BCUT2D eigenvalue weighted by Gasteiger charge is 2.99. The first kappa shape index (κ1) is 24.0. The maximum absolute atomic E-state index is 13.3. The minimum absolute atomic E-state index is 0.0470. The predicted octanol–water partition coefficient (Wildman–Crippen LogP) is 6.50. The molecule has 2 aromatic rings. The van der Waals surface area contributed by atoms with Gasteiger partial charge in [0.2, 0.25) is 11.5 Å². The standard InChI is InChI=1S/C20H11Cl2F6NO3/c21-18(22)15(17(18,19(23,24)25)20(26,27)28)16(30)32-14(10-29)11-5-4-8-13(9-11)31-12-6-2-1-3-7-12/h1-9,14-15H. The summed E-state index contributed by atoms with van der Waals surface area (Å²) in [5, 5.41) is 9.31. The summed E-state index contributed by atoms with van der Waals surface area (Å²) in [5.74, 6) is -4.41. The Morgan fingerprint density at radius 1 is 0.969 bits per heavy atom. The van der Waals surface area contributed by atoms with Crippen LogP contribution >= 0.6 is 23.2 Å². The lowest BCUT2D eigenvalue weighted by atomic mass is 10.0. The molecular weight excluding hydrogens is 487 g/mol. The van der Waals surface area contributed by atoms with Crippen LogP contribution in [0, 0.1) is 22.7 Å². The van der Waals surface area contributed by atoms with E-state index in [4.69, 9.17) is 27.9 Å². The Hall–Kier alpha value is -2.64. The molecule has 0 saturated heterocycles. The molecule has 2 unspecified atom stereocenters. The number of carbonyl (C=O) groups is 1. The van der Waals surface area contributed by atoms with E-state index in [2.05, 4.69) is 4.74 Å². The lowest BCUT2D eigenvalue weighted by Gasteiger charge is -2.24. The van der Waals surface area contributed by atoms with Gasteiger partial charge < -0.3 is 9.47 Å². The highest BCUT2D eigenvalue weighted by molar-refractivity contribution is 6.53. The normalized spacial score (nSPS) is 20.0. The number of alkyl halides is 8. The van der Waals surface area contributed by atoms with E-state index in [0.29, 0.717) is 5.75 Å². The molecule has 0 spiro atoms. The van der Waals surface area contributed by atoms with E-state index >= 15 is 0 Å². The van der Waals surface area contributed by atoms with Crippen molar-refractivity contribution in [3.8, 4) is 17.6 Å². The quantitative estimate of drug-likeness (QED) is 0.268. The van der Waals surface area contributed by atoms with Crippen LogP contribution < -0.4 is 4.74 Å². The molecule has 12 heteroatoms. The number of hydrogen-bond donors (Lipinski definition) is 0. The molecule has 32 heavy (non-hydrogen) atoms. The molecule has 0 bridgehead atoms. The number of carbonyl (C=O) groups excluding carboxylic acids is 1. The first-order valence-electron chi connectivity index (χ1n) is 8.71. The Labute approximate surface area is 187 Å². The predicted molar refractivity (Wildman–Crippen MR) is 99.9 cm³/mol. The first-order chi connectivity index (χ1) is 14.8. The molecule has 0 heterocycles. The average Bonchev–Trinajstić information content (AvgIpc) is 3.25. The zero-order valence-electron chi connectivity index (χ0n) is 15.5. The van der Waals surface area contributed by atoms with Gasteiger partial charge in [-0.15, -0.1) is 0 Å². The summed E-state index contributed by atoms with van der Waals surface area (Å²) >= 11 is 10.6. The maximum atomic E-state index is 13.3. The van der Waals surface area contributed by atoms with Crippen molar-refractivity contribution in [3.05, 3.63) is 60.2 Å². The van der Waals surface area contributed by atoms with Crippen LogP contribution in [0.15, 0.2) is 54.6 Å². The van der Waals surface area contributed by atoms with Gasteiger partial charge in [-0.1, -0.05) is 53.5 Å². The number of halogens is 8. The Kier molecular flexibility index (Phi) is 6.04. The monoisotopic (exact) mass is 497 g/mol. The van der Waals surface area contributed by atoms with E-state index in [0.717, 1.165) is 0 Å². The molecule has 1 aliphatic rings. The Morgan fingerprint density at radius 2 is 1.53 bits per heavy atom. The summed E-state index contributed by atoms with van der Waals surface area (Å²) in [6, 6.07) is 15.3. The lowest BCUT2D eigenvalue weighted by Crippen LogP contribution is -2.44. The average molecular weight is 498 g/mol. The van der Waals surface area contributed by atoms with Crippen LogP contribution in [0.1, 0.15) is 11.7 Å². The van der Waals surface area contributed by atoms with Gasteiger partial charge in [0.15, 0.2) is 4.33 Å². The molecule has 0 radical (unpaired) electrons. The van der Waals surface area contributed by atoms with Crippen molar-refractivity contribution >= 4 is 29.2 Å². The first-order valence-corrected chi connectivity index (χ1v) is 9.47. The summed E-state index contributed by atoms with van der Waals surface area (Å²) in [6.45, 7) is 0. The van der Waals surface area contributed by atoms with Crippen molar-refractivity contribution in [3.63, 3.8) is 0 Å². The minimum atomic E-state index is -6.00. The van der Waals surface area contributed by atoms with E-state index in [9.17, 15) is 36.4 Å². The Balaban J connectivity index is 1.84. The van der Waals surface area contributed by atoms with Gasteiger partial charge in [-0.25, -0.2) is 0 Å². The Bertz CT molecular complexity index is 1040. The number of esters is 1. The summed E-state index contributed by atoms with van der Waals surface area (Å²) in [4.78, 5) is 12.3. The minimum Gasteiger partial charge on any atom is -0.457 e. The van der Waals surface area contributed by atoms with Crippen molar-refractivity contribution < 1.29 is 40.6 Å². The van der Waals surface area contributed by atoms with Crippen LogP contribution in [0.4, 0.5) is 26.3 Å². The molecule has 3 rings (SSSR count). The van der Waals surface area contributed by atoms with Gasteiger partial charge in [-0.3, -0.25) is 4.79 Å². The van der Waals surface area contributed by atoms with Gasteiger partial charge in [0.05, 0.1) is 0 Å². The van der Waals surface area contributed by atoms with Crippen LogP contribution in [0.5, 0.6) is 11.5 Å². The van der Waals surface area contributed by atoms with E-state index in [1.54, 1.807) is 30.3 Å². The summed E-state index contributed by atoms with van der Waals surface area (Å²) < 4.78 is 86.6. The largest absolute Gasteiger partial charge is 0.457 e. The summed E-state index contributed by atoms with van der Waals surface area (Å²) in [6.07, 6.45) is -13.8. The number of benzene rings is 2. The molecular formula is C20H11Cl2F6NO3. The number of nitriles is 1. The van der Waals surface area contributed by atoms with Crippen molar-refractivity contribution in [2.75, 3.05) is 0 Å². The van der Waals surface area contributed by atoms with Gasteiger partial charge >= 0.3 is 18.3 Å². The summed E-state index contributed by atoms with van der Waals surface area (Å²) in [5.41, 5.74) is -4.76. The highest BCUT2D eigenvalue weighted by atomic mass is 35.5. The van der Waals surface area contributed by atoms with Gasteiger partial charge in [0, 0.05) is 5.56 Å². The topological polar surface area (TPSA) is 59.3 Å². The molecule has 1 fully saturated rings. The molecule has 0 aliphatic heterocycles. The fourth-order valence-corrected chi connectivity index (χ4v) is 4.36. The van der Waals surface area contributed by atoms with E-state index in [-0.39, 0.29) is 11.3 Å². The van der Waals surface area contributed by atoms with Crippen LogP contribution in [0.2, 0.25) is 0 Å². The van der Waals surface area contributed by atoms with Gasteiger partial charge in [-0.2, -0.15) is 31.6 Å². The molecule has 2 atom stereocenters. The third-order valence-electron chi connectivity index (χ3n) is 4.86. The fraction of sp³-hybridized carbons (Fsp3) is 0.300. The number of para-hydroxylation sites is 1. The van der Waals surface area contributed by atoms with Crippen LogP contribution in [-0.4, -0.2) is 22.7 Å². The lowest BCUT2D eigenvalue weighted by molar-refractivity contribution is -0.306. The number of rotatable bonds is 5. The molecule has 1 aliphatic carbocycles. The van der Waals surface area contributed by atoms with Crippen molar-refractivity contribution in [2.45, 2.75) is 22.8 Å². The van der Waals surface area contributed by atoms with Crippen molar-refractivity contribution in [2.24, 2.45) is 11.3 Å². The van der Waals surface area contributed by atoms with E-state index < -0.39 is 40.1 Å².